The van der Waals surface area contributed by atoms with Gasteiger partial charge >= 0.3 is 5.97 Å². The van der Waals surface area contributed by atoms with E-state index >= 15 is 0 Å². The van der Waals surface area contributed by atoms with Gasteiger partial charge in [-0.1, -0.05) is 30.2 Å². The van der Waals surface area contributed by atoms with Crippen molar-refractivity contribution >= 4 is 5.97 Å². The number of rotatable bonds is 9. The first-order valence-electron chi connectivity index (χ1n) is 13.2. The van der Waals surface area contributed by atoms with E-state index < -0.39 is 11.2 Å². The average Bonchev–Trinajstić information content (AvgIpc) is 2.99. The molecular formula is C29H45NO5. The maximum atomic E-state index is 12.5. The summed E-state index contributed by atoms with van der Waals surface area (Å²) in [5.41, 5.74) is 0.734. The number of ether oxygens (including phenoxy) is 3. The van der Waals surface area contributed by atoms with Gasteiger partial charge in [0.15, 0.2) is 5.60 Å². The van der Waals surface area contributed by atoms with Crippen molar-refractivity contribution in [1.82, 2.24) is 4.98 Å². The van der Waals surface area contributed by atoms with E-state index in [9.17, 15) is 4.79 Å². The van der Waals surface area contributed by atoms with E-state index in [4.69, 9.17) is 23.6 Å². The standard InChI is InChI=1S/C29H45NO5/c1-20-10-8-13-24(15-14-20)26-30-25(21(2)34-26)19-32-17-22-11-9-12-23(16-22)18-33-29(6,7)27(31)35-28(3,4)5/h10,14-15,22-24H,8-9,11-13,16-19H2,1-7H3. The summed E-state index contributed by atoms with van der Waals surface area (Å²) < 4.78 is 23.7. The van der Waals surface area contributed by atoms with Gasteiger partial charge in [0.1, 0.15) is 17.1 Å². The van der Waals surface area contributed by atoms with Gasteiger partial charge in [0.2, 0.25) is 5.89 Å². The van der Waals surface area contributed by atoms with Crippen molar-refractivity contribution in [3.05, 3.63) is 41.1 Å². The number of oxazole rings is 1. The molecule has 0 amide bonds. The number of esters is 1. The van der Waals surface area contributed by atoms with Gasteiger partial charge in [0.05, 0.1) is 19.1 Å². The van der Waals surface area contributed by atoms with Crippen LogP contribution in [0.2, 0.25) is 0 Å². The summed E-state index contributed by atoms with van der Waals surface area (Å²) in [5.74, 6) is 2.48. The molecule has 0 N–H and O–H groups in total. The molecular weight excluding hydrogens is 442 g/mol. The van der Waals surface area contributed by atoms with Crippen LogP contribution >= 0.6 is 0 Å². The van der Waals surface area contributed by atoms with Crippen LogP contribution in [0.5, 0.6) is 0 Å². The predicted octanol–water partition coefficient (Wildman–Crippen LogP) is 6.82. The Labute approximate surface area is 211 Å². The van der Waals surface area contributed by atoms with Gasteiger partial charge in [-0.3, -0.25) is 0 Å². The maximum Gasteiger partial charge on any atom is 0.338 e. The highest BCUT2D eigenvalue weighted by Gasteiger charge is 2.35. The van der Waals surface area contributed by atoms with Gasteiger partial charge in [-0.05, 0) is 92.4 Å². The Kier molecular flexibility index (Phi) is 9.39. The van der Waals surface area contributed by atoms with Gasteiger partial charge in [0.25, 0.3) is 0 Å². The molecule has 1 aromatic rings. The minimum absolute atomic E-state index is 0.222. The van der Waals surface area contributed by atoms with Crippen LogP contribution in [0.15, 0.2) is 28.2 Å². The summed E-state index contributed by atoms with van der Waals surface area (Å²) >= 11 is 0. The Morgan fingerprint density at radius 3 is 2.51 bits per heavy atom. The molecule has 1 heterocycles. The molecule has 35 heavy (non-hydrogen) atoms. The molecule has 0 saturated heterocycles. The van der Waals surface area contributed by atoms with Crippen LogP contribution in [0, 0.1) is 18.8 Å². The Balaban J connectivity index is 1.44. The smallest absolute Gasteiger partial charge is 0.338 e. The minimum atomic E-state index is -0.944. The summed E-state index contributed by atoms with van der Waals surface area (Å²) in [6.45, 7) is 15.1. The van der Waals surface area contributed by atoms with Crippen molar-refractivity contribution in [2.75, 3.05) is 13.2 Å². The molecule has 1 aromatic heterocycles. The molecule has 3 rings (SSSR count). The number of carbonyl (C=O) groups excluding carboxylic acids is 1. The van der Waals surface area contributed by atoms with Gasteiger partial charge in [-0.2, -0.15) is 0 Å². The van der Waals surface area contributed by atoms with Crippen molar-refractivity contribution in [2.45, 2.75) is 111 Å². The molecule has 0 bridgehead atoms. The third-order valence-corrected chi connectivity index (χ3v) is 6.82. The summed E-state index contributed by atoms with van der Waals surface area (Å²) in [6.07, 6.45) is 13.2. The summed E-state index contributed by atoms with van der Waals surface area (Å²) in [4.78, 5) is 17.2. The van der Waals surface area contributed by atoms with Crippen LogP contribution < -0.4 is 0 Å². The van der Waals surface area contributed by atoms with E-state index in [1.165, 1.54) is 5.57 Å². The number of hydrogen-bond donors (Lipinski definition) is 0. The molecule has 196 valence electrons. The lowest BCUT2D eigenvalue weighted by Gasteiger charge is -2.33. The second kappa shape index (κ2) is 11.9. The van der Waals surface area contributed by atoms with Gasteiger partial charge in [-0.25, -0.2) is 9.78 Å². The van der Waals surface area contributed by atoms with Crippen LogP contribution in [0.25, 0.3) is 0 Å². The van der Waals surface area contributed by atoms with E-state index in [1.54, 1.807) is 13.8 Å². The van der Waals surface area contributed by atoms with Crippen molar-refractivity contribution in [3.63, 3.8) is 0 Å². The molecule has 0 aromatic carbocycles. The highest BCUT2D eigenvalue weighted by molar-refractivity contribution is 5.78. The number of nitrogens with zero attached hydrogens (tertiary/aromatic N) is 1. The van der Waals surface area contributed by atoms with Gasteiger partial charge in [0, 0.05) is 6.61 Å². The Hall–Kier alpha value is -1.92. The Bertz CT molecular complexity index is 905. The zero-order valence-electron chi connectivity index (χ0n) is 22.8. The summed E-state index contributed by atoms with van der Waals surface area (Å²) in [7, 11) is 0. The van der Waals surface area contributed by atoms with Crippen molar-refractivity contribution in [3.8, 4) is 0 Å². The first-order valence-corrected chi connectivity index (χ1v) is 13.2. The van der Waals surface area contributed by atoms with E-state index in [1.807, 2.05) is 27.7 Å². The van der Waals surface area contributed by atoms with Crippen molar-refractivity contribution in [2.24, 2.45) is 11.8 Å². The second-order valence-corrected chi connectivity index (χ2v) is 11.8. The first-order chi connectivity index (χ1) is 16.4. The van der Waals surface area contributed by atoms with Crippen LogP contribution in [-0.4, -0.2) is 35.4 Å². The third-order valence-electron chi connectivity index (χ3n) is 6.82. The molecule has 0 spiro atoms. The van der Waals surface area contributed by atoms with E-state index in [0.717, 1.165) is 55.9 Å². The molecule has 6 heteroatoms. The average molecular weight is 488 g/mol. The number of allylic oxidation sites excluding steroid dienone is 4. The Morgan fingerprint density at radius 1 is 1.09 bits per heavy atom. The fourth-order valence-electron chi connectivity index (χ4n) is 4.68. The lowest BCUT2D eigenvalue weighted by atomic mass is 9.82. The quantitative estimate of drug-likeness (QED) is 0.356. The molecule has 3 unspecified atom stereocenters. The van der Waals surface area contributed by atoms with Crippen LogP contribution in [-0.2, 0) is 25.6 Å². The molecule has 3 atom stereocenters. The highest BCUT2D eigenvalue weighted by atomic mass is 16.6. The Morgan fingerprint density at radius 2 is 1.80 bits per heavy atom. The van der Waals surface area contributed by atoms with Crippen molar-refractivity contribution in [1.29, 1.82) is 0 Å². The van der Waals surface area contributed by atoms with Gasteiger partial charge in [-0.15, -0.1) is 0 Å². The second-order valence-electron chi connectivity index (χ2n) is 11.8. The molecule has 0 radical (unpaired) electrons. The zero-order chi connectivity index (χ0) is 25.6. The maximum absolute atomic E-state index is 12.5. The molecule has 6 nitrogen and oxygen atoms in total. The molecule has 0 aliphatic heterocycles. The first kappa shape index (κ1) is 27.7. The minimum Gasteiger partial charge on any atom is -0.458 e. The zero-order valence-corrected chi connectivity index (χ0v) is 22.8. The van der Waals surface area contributed by atoms with Gasteiger partial charge < -0.3 is 18.6 Å². The summed E-state index contributed by atoms with van der Waals surface area (Å²) in [5, 5.41) is 0. The van der Waals surface area contributed by atoms with Crippen LogP contribution in [0.1, 0.15) is 103 Å². The SMILES string of the molecule is CC1=CCCC(c2nc(COCC3CCCC(COC(C)(C)C(=O)OC(C)(C)C)C3)c(C)o2)C=C1. The van der Waals surface area contributed by atoms with Crippen molar-refractivity contribution < 1.29 is 23.4 Å². The predicted molar refractivity (Wildman–Crippen MR) is 137 cm³/mol. The lowest BCUT2D eigenvalue weighted by Crippen LogP contribution is -2.42. The normalized spacial score (nSPS) is 23.6. The number of carbonyl (C=O) groups is 1. The topological polar surface area (TPSA) is 70.8 Å². The molecule has 2 aliphatic carbocycles. The number of aryl methyl sites for hydroxylation is 1. The van der Waals surface area contributed by atoms with Crippen LogP contribution in [0.3, 0.4) is 0 Å². The largest absolute Gasteiger partial charge is 0.458 e. The van der Waals surface area contributed by atoms with Crippen LogP contribution in [0.4, 0.5) is 0 Å². The molecule has 1 saturated carbocycles. The highest BCUT2D eigenvalue weighted by Crippen LogP contribution is 2.32. The lowest BCUT2D eigenvalue weighted by molar-refractivity contribution is -0.181. The van der Waals surface area contributed by atoms with E-state index in [2.05, 4.69) is 25.2 Å². The summed E-state index contributed by atoms with van der Waals surface area (Å²) in [6, 6.07) is 0. The van der Waals surface area contributed by atoms with E-state index in [-0.39, 0.29) is 11.9 Å². The number of aromatic nitrogens is 1. The fraction of sp³-hybridized carbons (Fsp3) is 0.724. The third kappa shape index (κ3) is 8.60. The number of hydrogen-bond acceptors (Lipinski definition) is 6. The molecule has 1 fully saturated rings. The van der Waals surface area contributed by atoms with E-state index in [0.29, 0.717) is 31.7 Å². The molecule has 2 aliphatic rings. The monoisotopic (exact) mass is 487 g/mol. The fourth-order valence-corrected chi connectivity index (χ4v) is 4.68.